The van der Waals surface area contributed by atoms with E-state index >= 15 is 0 Å². The van der Waals surface area contributed by atoms with Crippen molar-refractivity contribution in [2.45, 2.75) is 0 Å². The molecule has 0 amide bonds. The molecule has 0 aliphatic carbocycles. The van der Waals surface area contributed by atoms with E-state index in [9.17, 15) is 4.79 Å². The van der Waals surface area contributed by atoms with Crippen LogP contribution >= 0.6 is 0 Å². The minimum atomic E-state index is -1.08. The monoisotopic (exact) mass is 157 g/mol. The van der Waals surface area contributed by atoms with Crippen LogP contribution in [0, 0.1) is 0 Å². The summed E-state index contributed by atoms with van der Waals surface area (Å²) in [6, 6.07) is 0. The van der Waals surface area contributed by atoms with Gasteiger partial charge in [0.15, 0.2) is 0 Å². The molecule has 0 fully saturated rings. The molecule has 0 saturated carbocycles. The van der Waals surface area contributed by atoms with Crippen LogP contribution in [0.2, 0.25) is 0 Å². The zero-order chi connectivity index (χ0) is 6.57. The maximum absolute atomic E-state index is 9.92. The van der Waals surface area contributed by atoms with Gasteiger partial charge in [0.05, 0.1) is 0 Å². The fraction of sp³-hybridized carbons (Fsp3) is 0. The van der Waals surface area contributed by atoms with Crippen LogP contribution in [-0.4, -0.2) is 16.1 Å². The fourth-order valence-corrected chi connectivity index (χ4v) is 0.358. The molecular formula is C4H5NNiO2. The second-order valence-corrected chi connectivity index (χ2v) is 1.30. The van der Waals surface area contributed by atoms with Crippen LogP contribution in [0.25, 0.3) is 0 Å². The predicted octanol–water partition coefficient (Wildman–Crippen LogP) is -0.737. The second-order valence-electron chi connectivity index (χ2n) is 1.02. The van der Waals surface area contributed by atoms with Crippen molar-refractivity contribution in [2.75, 3.05) is 0 Å². The Bertz CT molecular complexity index is 141. The summed E-state index contributed by atoms with van der Waals surface area (Å²) in [5, 5.41) is 8.13. The zero-order valence-electron chi connectivity index (χ0n) is 3.90. The first kappa shape index (κ1) is 7.37. The van der Waals surface area contributed by atoms with Crippen LogP contribution in [-0.2, 0) is 19.8 Å². The number of carboxylic acids is 1. The summed E-state index contributed by atoms with van der Waals surface area (Å²) in [5.41, 5.74) is 4.81. The SMILES string of the molecule is N/C=C(\[CH]=[Ni])C(=O)O. The predicted molar refractivity (Wildman–Crippen MR) is 26.0 cm³/mol. The van der Waals surface area contributed by atoms with E-state index < -0.39 is 5.97 Å². The van der Waals surface area contributed by atoms with Gasteiger partial charge in [-0.25, -0.2) is 0 Å². The number of carboxylic acid groups (broad SMARTS) is 1. The molecule has 0 bridgehead atoms. The molecule has 0 saturated heterocycles. The van der Waals surface area contributed by atoms with Crippen LogP contribution in [0.4, 0.5) is 0 Å². The summed E-state index contributed by atoms with van der Waals surface area (Å²) < 4.78 is 0. The molecule has 0 aliphatic heterocycles. The van der Waals surface area contributed by atoms with E-state index in [4.69, 9.17) is 10.8 Å². The van der Waals surface area contributed by atoms with E-state index in [2.05, 4.69) is 15.0 Å². The molecule has 3 N–H and O–H groups in total. The number of hydrogen-bond acceptors (Lipinski definition) is 2. The summed E-state index contributed by atoms with van der Waals surface area (Å²) in [4.78, 5) is 11.0. The topological polar surface area (TPSA) is 63.3 Å². The van der Waals surface area contributed by atoms with Crippen molar-refractivity contribution in [3.8, 4) is 0 Å². The standard InChI is InChI=1S/C4H5NO2.Ni/c1-3(2-5)4(6)7;/h1-2H,5H2,(H,6,7);/b3-2+;. The molecule has 0 aliphatic rings. The van der Waals surface area contributed by atoms with E-state index in [0.29, 0.717) is 0 Å². The van der Waals surface area contributed by atoms with Gasteiger partial charge in [-0.1, -0.05) is 0 Å². The van der Waals surface area contributed by atoms with Crippen molar-refractivity contribution in [1.82, 2.24) is 0 Å². The quantitative estimate of drug-likeness (QED) is 0.410. The summed E-state index contributed by atoms with van der Waals surface area (Å²) in [6.07, 6.45) is 0.964. The number of nitrogens with two attached hydrogens (primary N) is 1. The molecular weight excluding hydrogens is 153 g/mol. The van der Waals surface area contributed by atoms with E-state index in [1.165, 1.54) is 0 Å². The van der Waals surface area contributed by atoms with Crippen molar-refractivity contribution in [1.29, 1.82) is 0 Å². The van der Waals surface area contributed by atoms with E-state index in [0.717, 1.165) is 11.2 Å². The Labute approximate surface area is 54.1 Å². The van der Waals surface area contributed by atoms with E-state index in [-0.39, 0.29) is 5.57 Å². The Morgan fingerprint density at radius 1 is 1.75 bits per heavy atom. The van der Waals surface area contributed by atoms with Crippen molar-refractivity contribution in [3.63, 3.8) is 0 Å². The third-order valence-electron chi connectivity index (χ3n) is 0.525. The van der Waals surface area contributed by atoms with E-state index in [1.807, 2.05) is 0 Å². The number of aliphatic carboxylic acids is 1. The molecule has 4 heteroatoms. The number of carbonyl (C=O) groups is 1. The molecule has 0 aromatic rings. The van der Waals surface area contributed by atoms with Gasteiger partial charge >= 0.3 is 53.4 Å². The fourth-order valence-electron chi connectivity index (χ4n) is 0.141. The average Bonchev–Trinajstić information content (AvgIpc) is 1.69. The van der Waals surface area contributed by atoms with Gasteiger partial charge in [0.2, 0.25) is 0 Å². The summed E-state index contributed by atoms with van der Waals surface area (Å²) >= 11 is 4.03. The van der Waals surface area contributed by atoms with Crippen molar-refractivity contribution in [3.05, 3.63) is 11.8 Å². The third kappa shape index (κ3) is 1.89. The Balaban J connectivity index is 4.13. The Morgan fingerprint density at radius 2 is 2.25 bits per heavy atom. The van der Waals surface area contributed by atoms with Crippen LogP contribution in [0.15, 0.2) is 11.8 Å². The molecule has 0 unspecified atom stereocenters. The summed E-state index contributed by atoms with van der Waals surface area (Å²) in [6.45, 7) is 0. The Morgan fingerprint density at radius 3 is 2.25 bits per heavy atom. The third-order valence-corrected chi connectivity index (χ3v) is 0.832. The van der Waals surface area contributed by atoms with Gasteiger partial charge in [-0.3, -0.25) is 0 Å². The molecule has 0 aromatic heterocycles. The van der Waals surface area contributed by atoms with Crippen LogP contribution in [0.3, 0.4) is 0 Å². The van der Waals surface area contributed by atoms with Gasteiger partial charge in [-0.2, -0.15) is 0 Å². The van der Waals surface area contributed by atoms with Gasteiger partial charge in [0, 0.05) is 0 Å². The summed E-state index contributed by atoms with van der Waals surface area (Å²) in [7, 11) is 0. The van der Waals surface area contributed by atoms with Crippen molar-refractivity contribution >= 4 is 11.0 Å². The first-order chi connectivity index (χ1) is 3.72. The average molecular weight is 158 g/mol. The number of rotatable bonds is 2. The molecule has 0 spiro atoms. The van der Waals surface area contributed by atoms with Crippen LogP contribution in [0.1, 0.15) is 0 Å². The van der Waals surface area contributed by atoms with Gasteiger partial charge < -0.3 is 0 Å². The molecule has 0 rings (SSSR count). The summed E-state index contributed by atoms with van der Waals surface area (Å²) in [5.74, 6) is -1.08. The second kappa shape index (κ2) is 3.38. The molecule has 0 atom stereocenters. The molecule has 0 aromatic carbocycles. The van der Waals surface area contributed by atoms with Gasteiger partial charge in [0.25, 0.3) is 0 Å². The molecule has 0 radical (unpaired) electrons. The zero-order valence-corrected chi connectivity index (χ0v) is 4.89. The Hall–Kier alpha value is -0.626. The number of hydrogen-bond donors (Lipinski definition) is 2. The minimum absolute atomic E-state index is 0.0370. The normalized spacial score (nSPS) is 11.0. The van der Waals surface area contributed by atoms with Crippen LogP contribution < -0.4 is 5.73 Å². The molecule has 8 heavy (non-hydrogen) atoms. The van der Waals surface area contributed by atoms with Crippen LogP contribution in [0.5, 0.6) is 0 Å². The van der Waals surface area contributed by atoms with Crippen molar-refractivity contribution < 1.29 is 24.9 Å². The molecule has 0 heterocycles. The first-order valence-corrected chi connectivity index (χ1v) is 2.34. The van der Waals surface area contributed by atoms with Gasteiger partial charge in [-0.05, 0) is 0 Å². The maximum atomic E-state index is 9.92. The van der Waals surface area contributed by atoms with Crippen molar-refractivity contribution in [2.24, 2.45) is 5.73 Å². The first-order valence-electron chi connectivity index (χ1n) is 1.77. The van der Waals surface area contributed by atoms with E-state index in [1.54, 1.807) is 0 Å². The van der Waals surface area contributed by atoms with Gasteiger partial charge in [0.1, 0.15) is 0 Å². The molecule has 3 nitrogen and oxygen atoms in total. The molecule has 48 valence electrons. The Kier molecular flexibility index (Phi) is 3.12. The van der Waals surface area contributed by atoms with Gasteiger partial charge in [-0.15, -0.1) is 0 Å².